The summed E-state index contributed by atoms with van der Waals surface area (Å²) in [6.45, 7) is 3.92. The Hall–Kier alpha value is -4.42. The summed E-state index contributed by atoms with van der Waals surface area (Å²) in [7, 11) is 0. The molecule has 4 heterocycles. The maximum atomic E-state index is 15.5. The fraction of sp³-hybridized carbons (Fsp3) is 0.400. The third kappa shape index (κ3) is 4.04. The van der Waals surface area contributed by atoms with Gasteiger partial charge in [-0.05, 0) is 54.4 Å². The second kappa shape index (κ2) is 9.29. The molecule has 0 radical (unpaired) electrons. The van der Waals surface area contributed by atoms with Crippen molar-refractivity contribution in [2.45, 2.75) is 49.7 Å². The van der Waals surface area contributed by atoms with E-state index in [-0.39, 0.29) is 48.6 Å². The van der Waals surface area contributed by atoms with Gasteiger partial charge in [-0.15, -0.1) is 0 Å². The smallest absolute Gasteiger partial charge is 0.437 e. The number of halogens is 4. The molecule has 224 valence electrons. The van der Waals surface area contributed by atoms with Crippen molar-refractivity contribution < 1.29 is 37.4 Å². The van der Waals surface area contributed by atoms with Gasteiger partial charge in [-0.2, -0.15) is 18.3 Å². The highest BCUT2D eigenvalue weighted by atomic mass is 19.4. The van der Waals surface area contributed by atoms with Crippen LogP contribution in [0.2, 0.25) is 0 Å². The summed E-state index contributed by atoms with van der Waals surface area (Å²) in [5.74, 6) is -2.75. The van der Waals surface area contributed by atoms with Crippen molar-refractivity contribution in [3.63, 3.8) is 0 Å². The number of aromatic hydroxyl groups is 2. The highest BCUT2D eigenvalue weighted by Gasteiger charge is 2.58. The number of aromatic nitrogens is 3. The molecule has 1 atom stereocenters. The zero-order valence-corrected chi connectivity index (χ0v) is 22.9. The molecule has 3 saturated carbocycles. The molecule has 5 aliphatic rings. The Bertz CT molecular complexity index is 1700. The average molecular weight is 598 g/mol. The molecule has 1 unspecified atom stereocenters. The third-order valence-electron chi connectivity index (χ3n) is 9.47. The van der Waals surface area contributed by atoms with E-state index in [1.807, 2.05) is 0 Å². The molecule has 0 spiro atoms. The van der Waals surface area contributed by atoms with Crippen LogP contribution in [-0.2, 0) is 29.2 Å². The highest BCUT2D eigenvalue weighted by Crippen LogP contribution is 2.66. The van der Waals surface area contributed by atoms with Crippen LogP contribution in [0.1, 0.15) is 63.9 Å². The number of phenolic OH excluding ortho intramolecular Hbond substituents is 1. The first kappa shape index (κ1) is 27.4. The van der Waals surface area contributed by atoms with Crippen LogP contribution in [0.5, 0.6) is 11.5 Å². The summed E-state index contributed by atoms with van der Waals surface area (Å²) in [4.78, 5) is 32.6. The van der Waals surface area contributed by atoms with E-state index in [0.717, 1.165) is 37.6 Å². The van der Waals surface area contributed by atoms with Crippen LogP contribution in [0.15, 0.2) is 37.1 Å². The molecule has 3 aliphatic carbocycles. The quantitative estimate of drug-likeness (QED) is 0.345. The first-order valence-corrected chi connectivity index (χ1v) is 14.0. The molecule has 2 aliphatic heterocycles. The maximum absolute atomic E-state index is 15.5. The molecule has 2 N–H and O–H groups in total. The van der Waals surface area contributed by atoms with E-state index in [0.29, 0.717) is 34.9 Å². The van der Waals surface area contributed by atoms with E-state index in [2.05, 4.69) is 11.6 Å². The van der Waals surface area contributed by atoms with Gasteiger partial charge >= 0.3 is 6.18 Å². The topological polar surface area (TPSA) is 112 Å². The van der Waals surface area contributed by atoms with Crippen LogP contribution in [-0.4, -0.2) is 66.2 Å². The number of carbonyl (C=O) groups is 2. The minimum Gasteiger partial charge on any atom is -0.506 e. The molecule has 1 aromatic carbocycles. The lowest BCUT2D eigenvalue weighted by Crippen LogP contribution is -2.55. The first-order valence-electron chi connectivity index (χ1n) is 14.0. The van der Waals surface area contributed by atoms with Crippen molar-refractivity contribution in [1.82, 2.24) is 24.6 Å². The molecule has 2 amide bonds. The van der Waals surface area contributed by atoms with Crippen LogP contribution in [0.3, 0.4) is 0 Å². The summed E-state index contributed by atoms with van der Waals surface area (Å²) in [5.41, 5.74) is 0.550. The van der Waals surface area contributed by atoms with E-state index < -0.39 is 41.1 Å². The summed E-state index contributed by atoms with van der Waals surface area (Å²) in [6.07, 6.45) is 0.318. The van der Waals surface area contributed by atoms with E-state index in [1.165, 1.54) is 14.5 Å². The number of carbonyl (C=O) groups excluding carboxylic acids is 2. The van der Waals surface area contributed by atoms with Crippen LogP contribution >= 0.6 is 0 Å². The normalized spacial score (nSPS) is 24.0. The molecule has 8 rings (SSSR count). The van der Waals surface area contributed by atoms with Crippen molar-refractivity contribution in [3.8, 4) is 17.2 Å². The molecular formula is C30H27F4N5O4. The van der Waals surface area contributed by atoms with Gasteiger partial charge in [0, 0.05) is 44.2 Å². The Balaban J connectivity index is 1.29. The number of rotatable bonds is 4. The lowest BCUT2D eigenvalue weighted by Gasteiger charge is -2.62. The average Bonchev–Trinajstić information content (AvgIpc) is 3.17. The van der Waals surface area contributed by atoms with E-state index >= 15 is 4.39 Å². The van der Waals surface area contributed by atoms with Gasteiger partial charge in [-0.1, -0.05) is 12.6 Å². The third-order valence-corrected chi connectivity index (χ3v) is 9.47. The molecule has 9 nitrogen and oxygen atoms in total. The zero-order chi connectivity index (χ0) is 30.4. The number of nitrogens with zero attached hydrogens (tertiary/aromatic N) is 5. The lowest BCUT2D eigenvalue weighted by atomic mass is 9.42. The Morgan fingerprint density at radius 3 is 2.49 bits per heavy atom. The Morgan fingerprint density at radius 1 is 1.12 bits per heavy atom. The number of hydrogen-bond donors (Lipinski definition) is 2. The van der Waals surface area contributed by atoms with E-state index in [4.69, 9.17) is 5.10 Å². The summed E-state index contributed by atoms with van der Waals surface area (Å²) in [5, 5.41) is 25.7. The number of benzene rings is 1. The fourth-order valence-electron chi connectivity index (χ4n) is 7.26. The number of pyridine rings is 1. The van der Waals surface area contributed by atoms with Crippen LogP contribution < -0.4 is 0 Å². The molecule has 43 heavy (non-hydrogen) atoms. The monoisotopic (exact) mass is 597 g/mol. The van der Waals surface area contributed by atoms with Gasteiger partial charge in [-0.25, -0.2) is 14.1 Å². The van der Waals surface area contributed by atoms with Crippen molar-refractivity contribution in [3.05, 3.63) is 76.6 Å². The van der Waals surface area contributed by atoms with Gasteiger partial charge in [0.15, 0.2) is 17.3 Å². The van der Waals surface area contributed by atoms with Crippen LogP contribution in [0.4, 0.5) is 17.6 Å². The predicted molar refractivity (Wildman–Crippen MR) is 143 cm³/mol. The van der Waals surface area contributed by atoms with Crippen molar-refractivity contribution in [2.75, 3.05) is 19.6 Å². The molecule has 13 heteroatoms. The molecule has 2 aromatic heterocycles. The van der Waals surface area contributed by atoms with Gasteiger partial charge in [-0.3, -0.25) is 9.59 Å². The Kier molecular flexibility index (Phi) is 5.92. The standard InChI is InChI=1S/C30H27F4N5O4/c1-2-23(41)37-7-5-18-24-19(39(36-18)20-4-3-17(25(31)26(20)42)29-10-15(11-29)12-29)6-8-38(21(24)14-37)28(43)16-9-22(40)27(35-13-16)30(32,33)34/h2-4,9,13,15,21,40,42H,1,5-8,10-12,14H2. The Morgan fingerprint density at radius 2 is 1.86 bits per heavy atom. The summed E-state index contributed by atoms with van der Waals surface area (Å²) in [6, 6.07) is 3.34. The summed E-state index contributed by atoms with van der Waals surface area (Å²) >= 11 is 0. The van der Waals surface area contributed by atoms with Gasteiger partial charge in [0.25, 0.3) is 5.91 Å². The van der Waals surface area contributed by atoms with Crippen molar-refractivity contribution in [1.29, 1.82) is 0 Å². The van der Waals surface area contributed by atoms with Gasteiger partial charge in [0.2, 0.25) is 5.91 Å². The van der Waals surface area contributed by atoms with Gasteiger partial charge in [0.1, 0.15) is 11.4 Å². The van der Waals surface area contributed by atoms with Gasteiger partial charge in [0.05, 0.1) is 23.0 Å². The minimum absolute atomic E-state index is 0.0469. The first-order chi connectivity index (χ1) is 20.4. The fourth-order valence-corrected chi connectivity index (χ4v) is 7.26. The number of alkyl halides is 3. The van der Waals surface area contributed by atoms with Crippen molar-refractivity contribution in [2.24, 2.45) is 5.92 Å². The summed E-state index contributed by atoms with van der Waals surface area (Å²) < 4.78 is 56.5. The second-order valence-electron chi connectivity index (χ2n) is 11.9. The SMILES string of the molecule is C=CC(=O)N1CCc2nn(-c3ccc(C45CC(C4)C5)c(F)c3O)c3c2C(C1)N(C(=O)c1cnc(C(F)(F)F)c(O)c1)CC3. The lowest BCUT2D eigenvalue weighted by molar-refractivity contribution is -0.142. The predicted octanol–water partition coefficient (Wildman–Crippen LogP) is 4.20. The maximum Gasteiger partial charge on any atom is 0.437 e. The number of phenols is 1. The molecule has 3 aromatic rings. The largest absolute Gasteiger partial charge is 0.506 e. The van der Waals surface area contributed by atoms with Crippen LogP contribution in [0.25, 0.3) is 5.69 Å². The zero-order valence-electron chi connectivity index (χ0n) is 22.9. The molecule has 0 saturated heterocycles. The molecule has 2 bridgehead atoms. The van der Waals surface area contributed by atoms with E-state index in [1.54, 1.807) is 12.1 Å². The number of hydrogen-bond acceptors (Lipinski definition) is 6. The highest BCUT2D eigenvalue weighted by molar-refractivity contribution is 5.95. The second-order valence-corrected chi connectivity index (χ2v) is 11.9. The molecule has 3 fully saturated rings. The molecular weight excluding hydrogens is 570 g/mol. The Labute approximate surface area is 243 Å². The van der Waals surface area contributed by atoms with E-state index in [9.17, 15) is 33.0 Å². The van der Waals surface area contributed by atoms with Crippen molar-refractivity contribution >= 4 is 11.8 Å². The van der Waals surface area contributed by atoms with Gasteiger partial charge < -0.3 is 20.0 Å². The number of amides is 2. The minimum atomic E-state index is -4.90. The van der Waals surface area contributed by atoms with Crippen LogP contribution in [0, 0.1) is 11.7 Å².